The fourth-order valence-corrected chi connectivity index (χ4v) is 2.55. The van der Waals surface area contributed by atoms with E-state index in [1.54, 1.807) is 0 Å². The second-order valence-corrected chi connectivity index (χ2v) is 4.74. The maximum atomic E-state index is 12.4. The summed E-state index contributed by atoms with van der Waals surface area (Å²) in [6.07, 6.45) is 3.25. The van der Waals surface area contributed by atoms with Crippen LogP contribution in [0.25, 0.3) is 0 Å². The molecule has 3 heteroatoms. The molecule has 0 aliphatic carbocycles. The lowest BCUT2D eigenvalue weighted by atomic mass is 10.1. The lowest BCUT2D eigenvalue weighted by Crippen LogP contribution is -2.35. The van der Waals surface area contributed by atoms with E-state index in [1.807, 2.05) is 30.0 Å². The Morgan fingerprint density at radius 3 is 3.00 bits per heavy atom. The van der Waals surface area contributed by atoms with Crippen molar-refractivity contribution in [2.24, 2.45) is 0 Å². The van der Waals surface area contributed by atoms with Crippen molar-refractivity contribution in [1.29, 1.82) is 0 Å². The van der Waals surface area contributed by atoms with Gasteiger partial charge in [0.2, 0.25) is 0 Å². The van der Waals surface area contributed by atoms with Crippen LogP contribution in [0, 0.1) is 6.92 Å². The molecule has 1 heterocycles. The third kappa shape index (κ3) is 2.14. The van der Waals surface area contributed by atoms with Gasteiger partial charge in [0.15, 0.2) is 0 Å². The van der Waals surface area contributed by atoms with Crippen molar-refractivity contribution in [1.82, 2.24) is 4.90 Å². The van der Waals surface area contributed by atoms with Crippen LogP contribution in [0.1, 0.15) is 42.1 Å². The molecule has 1 aliphatic heterocycles. The van der Waals surface area contributed by atoms with Crippen LogP contribution in [0.4, 0.5) is 5.69 Å². The van der Waals surface area contributed by atoms with Gasteiger partial charge in [-0.05, 0) is 37.8 Å². The van der Waals surface area contributed by atoms with E-state index >= 15 is 0 Å². The summed E-state index contributed by atoms with van der Waals surface area (Å²) in [5.41, 5.74) is 8.25. The number of benzene rings is 1. The molecule has 1 saturated heterocycles. The highest BCUT2D eigenvalue weighted by molar-refractivity contribution is 6.00. The first kappa shape index (κ1) is 12.0. The molecule has 0 bridgehead atoms. The molecule has 1 atom stereocenters. The molecule has 2 N–H and O–H groups in total. The first-order valence-corrected chi connectivity index (χ1v) is 6.31. The van der Waals surface area contributed by atoms with Crippen LogP contribution in [0.2, 0.25) is 0 Å². The molecule has 1 fully saturated rings. The van der Waals surface area contributed by atoms with Gasteiger partial charge in [0, 0.05) is 18.3 Å². The van der Waals surface area contributed by atoms with E-state index in [-0.39, 0.29) is 5.91 Å². The Bertz CT molecular complexity index is 428. The highest BCUT2D eigenvalue weighted by Gasteiger charge is 2.28. The highest BCUT2D eigenvalue weighted by Crippen LogP contribution is 2.25. The fourth-order valence-electron chi connectivity index (χ4n) is 2.55. The Balaban J connectivity index is 2.28. The predicted octanol–water partition coefficient (Wildman–Crippen LogP) is 2.59. The minimum Gasteiger partial charge on any atom is -0.398 e. The Hall–Kier alpha value is -1.51. The quantitative estimate of drug-likeness (QED) is 0.797. The molecular weight excluding hydrogens is 212 g/mol. The number of para-hydroxylation sites is 1. The first-order valence-electron chi connectivity index (χ1n) is 6.31. The number of amides is 1. The molecule has 1 aliphatic rings. The molecule has 1 aromatic rings. The number of nitrogen functional groups attached to an aromatic ring is 1. The number of anilines is 1. The molecule has 0 saturated carbocycles. The van der Waals surface area contributed by atoms with Gasteiger partial charge >= 0.3 is 0 Å². The van der Waals surface area contributed by atoms with Crippen molar-refractivity contribution < 1.29 is 4.79 Å². The zero-order chi connectivity index (χ0) is 12.4. The number of nitrogens with two attached hydrogens (primary N) is 1. The Kier molecular flexibility index (Phi) is 3.36. The number of aryl methyl sites for hydroxylation is 1. The third-order valence-electron chi connectivity index (χ3n) is 3.66. The summed E-state index contributed by atoms with van der Waals surface area (Å²) >= 11 is 0. The summed E-state index contributed by atoms with van der Waals surface area (Å²) in [7, 11) is 0. The minimum atomic E-state index is 0.0931. The van der Waals surface area contributed by atoms with Gasteiger partial charge in [0.05, 0.1) is 5.56 Å². The van der Waals surface area contributed by atoms with E-state index < -0.39 is 0 Å². The second-order valence-electron chi connectivity index (χ2n) is 4.74. The molecule has 0 aromatic heterocycles. The van der Waals surface area contributed by atoms with Crippen molar-refractivity contribution in [2.75, 3.05) is 12.3 Å². The highest BCUT2D eigenvalue weighted by atomic mass is 16.2. The first-order chi connectivity index (χ1) is 8.15. The van der Waals surface area contributed by atoms with Gasteiger partial charge in [-0.1, -0.05) is 19.1 Å². The minimum absolute atomic E-state index is 0.0931. The topological polar surface area (TPSA) is 46.3 Å². The fraction of sp³-hybridized carbons (Fsp3) is 0.500. The maximum absolute atomic E-state index is 12.4. The van der Waals surface area contributed by atoms with Gasteiger partial charge in [-0.2, -0.15) is 0 Å². The molecule has 1 unspecified atom stereocenters. The average Bonchev–Trinajstić information content (AvgIpc) is 2.80. The number of likely N-dealkylation sites (tertiary alicyclic amines) is 1. The van der Waals surface area contributed by atoms with Gasteiger partial charge in [-0.15, -0.1) is 0 Å². The van der Waals surface area contributed by atoms with Gasteiger partial charge in [-0.3, -0.25) is 4.79 Å². The monoisotopic (exact) mass is 232 g/mol. The van der Waals surface area contributed by atoms with Crippen molar-refractivity contribution in [3.8, 4) is 0 Å². The van der Waals surface area contributed by atoms with Crippen molar-refractivity contribution in [3.63, 3.8) is 0 Å². The van der Waals surface area contributed by atoms with Crippen molar-refractivity contribution in [3.05, 3.63) is 29.3 Å². The molecule has 1 amide bonds. The van der Waals surface area contributed by atoms with E-state index in [2.05, 4.69) is 6.92 Å². The number of hydrogen-bond donors (Lipinski definition) is 1. The van der Waals surface area contributed by atoms with Crippen LogP contribution >= 0.6 is 0 Å². The van der Waals surface area contributed by atoms with E-state index in [1.165, 1.54) is 0 Å². The number of nitrogens with zero attached hydrogens (tertiary/aromatic N) is 1. The van der Waals surface area contributed by atoms with Crippen LogP contribution in [0.3, 0.4) is 0 Å². The Morgan fingerprint density at radius 1 is 1.53 bits per heavy atom. The summed E-state index contributed by atoms with van der Waals surface area (Å²) in [6.45, 7) is 4.94. The smallest absolute Gasteiger partial charge is 0.256 e. The largest absolute Gasteiger partial charge is 0.398 e. The number of carbonyl (C=O) groups excluding carboxylic acids is 1. The lowest BCUT2D eigenvalue weighted by molar-refractivity contribution is 0.0734. The molecule has 0 spiro atoms. The average molecular weight is 232 g/mol. The summed E-state index contributed by atoms with van der Waals surface area (Å²) in [5.74, 6) is 0.0931. The third-order valence-corrected chi connectivity index (χ3v) is 3.66. The lowest BCUT2D eigenvalue weighted by Gasteiger charge is -2.24. The van der Waals surface area contributed by atoms with Crippen LogP contribution in [0.5, 0.6) is 0 Å². The second kappa shape index (κ2) is 4.78. The van der Waals surface area contributed by atoms with Crippen LogP contribution in [-0.4, -0.2) is 23.4 Å². The molecule has 0 radical (unpaired) electrons. The Labute approximate surface area is 103 Å². The van der Waals surface area contributed by atoms with E-state index in [0.717, 1.165) is 31.4 Å². The molecule has 17 heavy (non-hydrogen) atoms. The van der Waals surface area contributed by atoms with Crippen molar-refractivity contribution in [2.45, 2.75) is 39.2 Å². The van der Waals surface area contributed by atoms with E-state index in [0.29, 0.717) is 17.3 Å². The molecule has 2 rings (SSSR count). The normalized spacial score (nSPS) is 19.6. The van der Waals surface area contributed by atoms with Crippen molar-refractivity contribution >= 4 is 11.6 Å². The number of rotatable bonds is 2. The summed E-state index contributed by atoms with van der Waals surface area (Å²) < 4.78 is 0. The van der Waals surface area contributed by atoms with Crippen LogP contribution < -0.4 is 5.73 Å². The van der Waals surface area contributed by atoms with Gasteiger partial charge < -0.3 is 10.6 Å². The van der Waals surface area contributed by atoms with Gasteiger partial charge in [-0.25, -0.2) is 0 Å². The van der Waals surface area contributed by atoms with Gasteiger partial charge in [0.25, 0.3) is 5.91 Å². The number of carbonyl (C=O) groups is 1. The number of hydrogen-bond acceptors (Lipinski definition) is 2. The zero-order valence-corrected chi connectivity index (χ0v) is 10.6. The molecule has 3 nitrogen and oxygen atoms in total. The standard InChI is InChI=1S/C14H20N2O/c1-3-11-7-5-9-16(11)14(17)12-8-4-6-10(2)13(12)15/h4,6,8,11H,3,5,7,9,15H2,1-2H3. The summed E-state index contributed by atoms with van der Waals surface area (Å²) in [6, 6.07) is 6.06. The molecular formula is C14H20N2O. The molecule has 92 valence electrons. The maximum Gasteiger partial charge on any atom is 0.256 e. The molecule has 1 aromatic carbocycles. The SMILES string of the molecule is CCC1CCCN1C(=O)c1cccc(C)c1N. The predicted molar refractivity (Wildman–Crippen MR) is 69.9 cm³/mol. The summed E-state index contributed by atoms with van der Waals surface area (Å²) in [5, 5.41) is 0. The van der Waals surface area contributed by atoms with Crippen LogP contribution in [-0.2, 0) is 0 Å². The van der Waals surface area contributed by atoms with E-state index in [9.17, 15) is 4.79 Å². The van der Waals surface area contributed by atoms with E-state index in [4.69, 9.17) is 5.73 Å². The summed E-state index contributed by atoms with van der Waals surface area (Å²) in [4.78, 5) is 14.4. The Morgan fingerprint density at radius 2 is 2.29 bits per heavy atom. The zero-order valence-electron chi connectivity index (χ0n) is 10.6. The van der Waals surface area contributed by atoms with Crippen LogP contribution in [0.15, 0.2) is 18.2 Å². The van der Waals surface area contributed by atoms with Gasteiger partial charge in [0.1, 0.15) is 0 Å².